The van der Waals surface area contributed by atoms with E-state index < -0.39 is 5.97 Å². The molecule has 1 N–H and O–H groups in total. The summed E-state index contributed by atoms with van der Waals surface area (Å²) in [5.74, 6) is -0.214. The van der Waals surface area contributed by atoms with Crippen LogP contribution in [-0.4, -0.2) is 16.2 Å². The lowest BCUT2D eigenvalue weighted by atomic mass is 10.2. The van der Waals surface area contributed by atoms with Crippen LogP contribution in [0.3, 0.4) is 0 Å². The van der Waals surface area contributed by atoms with E-state index in [1.54, 1.807) is 36.5 Å². The monoisotopic (exact) mass is 222 g/mol. The van der Waals surface area contributed by atoms with Crippen LogP contribution in [0.5, 0.6) is 5.88 Å². The van der Waals surface area contributed by atoms with Crippen molar-refractivity contribution in [1.82, 2.24) is 10.2 Å². The van der Waals surface area contributed by atoms with Crippen LogP contribution in [-0.2, 0) is 0 Å². The highest BCUT2D eigenvalue weighted by molar-refractivity contribution is 6.30. The van der Waals surface area contributed by atoms with Crippen molar-refractivity contribution < 1.29 is 9.53 Å². The molecule has 0 amide bonds. The highest BCUT2D eigenvalue weighted by Gasteiger charge is 2.08. The number of esters is 1. The maximum absolute atomic E-state index is 11.5. The van der Waals surface area contributed by atoms with Crippen LogP contribution in [0.1, 0.15) is 10.4 Å². The number of halogens is 1. The van der Waals surface area contributed by atoms with Gasteiger partial charge in [-0.05, 0) is 24.3 Å². The minimum absolute atomic E-state index is 0.245. The molecule has 0 unspecified atom stereocenters. The Labute approximate surface area is 90.8 Å². The number of rotatable bonds is 2. The molecule has 0 radical (unpaired) electrons. The van der Waals surface area contributed by atoms with E-state index in [9.17, 15) is 4.79 Å². The first-order chi connectivity index (χ1) is 7.25. The largest absolute Gasteiger partial charge is 0.402 e. The van der Waals surface area contributed by atoms with E-state index in [2.05, 4.69) is 10.2 Å². The average Bonchev–Trinajstić information content (AvgIpc) is 2.71. The number of benzene rings is 1. The van der Waals surface area contributed by atoms with E-state index in [1.165, 1.54) is 0 Å². The Morgan fingerprint density at radius 2 is 2.00 bits per heavy atom. The minimum Gasteiger partial charge on any atom is -0.402 e. The summed E-state index contributed by atoms with van der Waals surface area (Å²) in [6.45, 7) is 0. The summed E-state index contributed by atoms with van der Waals surface area (Å²) < 4.78 is 4.96. The van der Waals surface area contributed by atoms with E-state index in [4.69, 9.17) is 16.3 Å². The molecule has 0 aliphatic heterocycles. The molecule has 1 aromatic heterocycles. The predicted octanol–water partition coefficient (Wildman–Crippen LogP) is 2.28. The molecule has 0 saturated carbocycles. The standard InChI is InChI=1S/C10H7ClN2O2/c11-8-3-1-7(2-4-8)10(14)15-9-5-6-12-13-9/h1-6H,(H,12,13). The number of aromatic nitrogens is 2. The molecule has 15 heavy (non-hydrogen) atoms. The normalized spacial score (nSPS) is 9.93. The first kappa shape index (κ1) is 9.73. The topological polar surface area (TPSA) is 55.0 Å². The Hall–Kier alpha value is -1.81. The van der Waals surface area contributed by atoms with E-state index in [1.807, 2.05) is 0 Å². The molecule has 0 atom stereocenters. The molecule has 0 saturated heterocycles. The van der Waals surface area contributed by atoms with Gasteiger partial charge in [0.1, 0.15) is 0 Å². The van der Waals surface area contributed by atoms with Gasteiger partial charge in [0, 0.05) is 17.3 Å². The Balaban J connectivity index is 2.11. The predicted molar refractivity (Wildman–Crippen MR) is 55.0 cm³/mol. The molecule has 2 rings (SSSR count). The van der Waals surface area contributed by atoms with Gasteiger partial charge in [0.25, 0.3) is 0 Å². The molecule has 2 aromatic rings. The fraction of sp³-hybridized carbons (Fsp3) is 0. The highest BCUT2D eigenvalue weighted by Crippen LogP contribution is 2.12. The second-order valence-corrected chi connectivity index (χ2v) is 3.25. The van der Waals surface area contributed by atoms with Crippen molar-refractivity contribution in [2.45, 2.75) is 0 Å². The quantitative estimate of drug-likeness (QED) is 0.794. The number of carbonyl (C=O) groups excluding carboxylic acids is 1. The van der Waals surface area contributed by atoms with Crippen molar-refractivity contribution in [3.8, 4) is 5.88 Å². The van der Waals surface area contributed by atoms with Crippen LogP contribution in [0.4, 0.5) is 0 Å². The molecule has 0 aliphatic carbocycles. The number of nitrogens with zero attached hydrogens (tertiary/aromatic N) is 1. The van der Waals surface area contributed by atoms with Crippen LogP contribution in [0, 0.1) is 0 Å². The van der Waals surface area contributed by atoms with Gasteiger partial charge in [-0.3, -0.25) is 5.10 Å². The summed E-state index contributed by atoms with van der Waals surface area (Å²) in [6.07, 6.45) is 1.57. The lowest BCUT2D eigenvalue weighted by molar-refractivity contribution is 0.0727. The van der Waals surface area contributed by atoms with Crippen molar-refractivity contribution in [1.29, 1.82) is 0 Å². The Kier molecular flexibility index (Phi) is 2.69. The number of hydrogen-bond acceptors (Lipinski definition) is 3. The van der Waals surface area contributed by atoms with E-state index in [-0.39, 0.29) is 5.88 Å². The number of ether oxygens (including phenoxy) is 1. The van der Waals surface area contributed by atoms with Crippen LogP contribution in [0.25, 0.3) is 0 Å². The second kappa shape index (κ2) is 4.14. The van der Waals surface area contributed by atoms with Crippen LogP contribution in [0.2, 0.25) is 5.02 Å². The molecule has 0 bridgehead atoms. The zero-order valence-corrected chi connectivity index (χ0v) is 8.36. The maximum atomic E-state index is 11.5. The number of aromatic amines is 1. The Morgan fingerprint density at radius 1 is 1.27 bits per heavy atom. The molecule has 0 spiro atoms. The first-order valence-electron chi connectivity index (χ1n) is 4.23. The average molecular weight is 223 g/mol. The van der Waals surface area contributed by atoms with Gasteiger partial charge < -0.3 is 4.74 Å². The lowest BCUT2D eigenvalue weighted by Gasteiger charge is -2.00. The van der Waals surface area contributed by atoms with Gasteiger partial charge in [-0.15, -0.1) is 5.10 Å². The third-order valence-corrected chi connectivity index (χ3v) is 2.00. The van der Waals surface area contributed by atoms with Gasteiger partial charge >= 0.3 is 5.97 Å². The number of carbonyl (C=O) groups is 1. The molecule has 76 valence electrons. The van der Waals surface area contributed by atoms with Crippen molar-refractivity contribution >= 4 is 17.6 Å². The number of nitrogens with one attached hydrogen (secondary N) is 1. The number of H-pyrrole nitrogens is 1. The Bertz CT molecular complexity index is 451. The molecular weight excluding hydrogens is 216 g/mol. The molecule has 4 nitrogen and oxygen atoms in total. The molecular formula is C10H7ClN2O2. The lowest BCUT2D eigenvalue weighted by Crippen LogP contribution is -2.08. The summed E-state index contributed by atoms with van der Waals surface area (Å²) in [6, 6.07) is 8.01. The fourth-order valence-electron chi connectivity index (χ4n) is 1.04. The maximum Gasteiger partial charge on any atom is 0.344 e. The van der Waals surface area contributed by atoms with Crippen molar-refractivity contribution in [3.05, 3.63) is 47.1 Å². The first-order valence-corrected chi connectivity index (χ1v) is 4.61. The van der Waals surface area contributed by atoms with Gasteiger partial charge in [-0.25, -0.2) is 4.79 Å². The van der Waals surface area contributed by atoms with Crippen LogP contribution in [0.15, 0.2) is 36.5 Å². The minimum atomic E-state index is -0.459. The molecule has 1 heterocycles. The van der Waals surface area contributed by atoms with Gasteiger partial charge in [0.2, 0.25) is 5.88 Å². The molecule has 1 aromatic carbocycles. The van der Waals surface area contributed by atoms with E-state index in [0.29, 0.717) is 10.6 Å². The summed E-state index contributed by atoms with van der Waals surface area (Å²) in [5, 5.41) is 6.83. The smallest absolute Gasteiger partial charge is 0.344 e. The van der Waals surface area contributed by atoms with Gasteiger partial charge in [0.05, 0.1) is 5.56 Å². The summed E-state index contributed by atoms with van der Waals surface area (Å²) in [4.78, 5) is 11.5. The number of hydrogen-bond donors (Lipinski definition) is 1. The van der Waals surface area contributed by atoms with Gasteiger partial charge in [-0.2, -0.15) is 0 Å². The summed E-state index contributed by atoms with van der Waals surface area (Å²) >= 11 is 5.69. The van der Waals surface area contributed by atoms with Crippen molar-refractivity contribution in [2.75, 3.05) is 0 Å². The van der Waals surface area contributed by atoms with E-state index >= 15 is 0 Å². The van der Waals surface area contributed by atoms with E-state index in [0.717, 1.165) is 0 Å². The fourth-order valence-corrected chi connectivity index (χ4v) is 1.17. The summed E-state index contributed by atoms with van der Waals surface area (Å²) in [5.41, 5.74) is 0.433. The third kappa shape index (κ3) is 2.35. The van der Waals surface area contributed by atoms with Crippen LogP contribution >= 0.6 is 11.6 Å². The molecule has 5 heteroatoms. The zero-order chi connectivity index (χ0) is 10.7. The van der Waals surface area contributed by atoms with Gasteiger partial charge in [-0.1, -0.05) is 11.6 Å². The Morgan fingerprint density at radius 3 is 2.60 bits per heavy atom. The second-order valence-electron chi connectivity index (χ2n) is 2.81. The molecule has 0 aliphatic rings. The summed E-state index contributed by atoms with van der Waals surface area (Å²) in [7, 11) is 0. The SMILES string of the molecule is O=C(Oc1cc[nH]n1)c1ccc(Cl)cc1. The highest BCUT2D eigenvalue weighted by atomic mass is 35.5. The third-order valence-electron chi connectivity index (χ3n) is 1.75. The molecule has 0 fully saturated rings. The van der Waals surface area contributed by atoms with Crippen molar-refractivity contribution in [2.24, 2.45) is 0 Å². The zero-order valence-electron chi connectivity index (χ0n) is 7.61. The van der Waals surface area contributed by atoms with Crippen molar-refractivity contribution in [3.63, 3.8) is 0 Å². The van der Waals surface area contributed by atoms with Gasteiger partial charge in [0.15, 0.2) is 0 Å². The van der Waals surface area contributed by atoms with Crippen LogP contribution < -0.4 is 4.74 Å².